The number of aliphatic hydroxyl groups is 1. The van der Waals surface area contributed by atoms with Crippen molar-refractivity contribution in [3.8, 4) is 0 Å². The average molecular weight is 320 g/mol. The largest absolute Gasteiger partial charge is 0.396 e. The number of aliphatic imine (C=N–C) groups is 1. The molecule has 0 fully saturated rings. The van der Waals surface area contributed by atoms with Gasteiger partial charge in [-0.25, -0.2) is 4.99 Å². The Balaban J connectivity index is 2.71. The maximum atomic E-state index is 9.33. The second-order valence-corrected chi connectivity index (χ2v) is 6.00. The standard InChI is InChI=1S/C18H32N4O/c1-5-18(6-2,11-12-23)14-21-17(19-7-3)20-13-16-10-8-9-15(4)22-16/h8-10,23H,5-7,11-14H2,1-4H3,(H2,19,20,21). The van der Waals surface area contributed by atoms with Gasteiger partial charge in [-0.15, -0.1) is 0 Å². The Morgan fingerprint density at radius 2 is 1.96 bits per heavy atom. The summed E-state index contributed by atoms with van der Waals surface area (Å²) < 4.78 is 0. The minimum Gasteiger partial charge on any atom is -0.396 e. The summed E-state index contributed by atoms with van der Waals surface area (Å²) in [7, 11) is 0. The van der Waals surface area contributed by atoms with Gasteiger partial charge in [-0.2, -0.15) is 0 Å². The predicted octanol–water partition coefficient (Wildman–Crippen LogP) is 2.63. The third-order valence-corrected chi connectivity index (χ3v) is 4.46. The van der Waals surface area contributed by atoms with Crippen LogP contribution in [-0.2, 0) is 6.54 Å². The van der Waals surface area contributed by atoms with Crippen molar-refractivity contribution in [3.05, 3.63) is 29.6 Å². The zero-order valence-corrected chi connectivity index (χ0v) is 15.0. The van der Waals surface area contributed by atoms with Crippen LogP contribution < -0.4 is 10.6 Å². The van der Waals surface area contributed by atoms with Gasteiger partial charge in [0, 0.05) is 25.4 Å². The zero-order valence-electron chi connectivity index (χ0n) is 15.0. The number of aromatic nitrogens is 1. The number of guanidine groups is 1. The molecule has 5 nitrogen and oxygen atoms in total. The van der Waals surface area contributed by atoms with Crippen molar-refractivity contribution in [1.82, 2.24) is 15.6 Å². The first kappa shape index (κ1) is 19.4. The number of hydrogen-bond donors (Lipinski definition) is 3. The fourth-order valence-corrected chi connectivity index (χ4v) is 2.64. The number of aryl methyl sites for hydroxylation is 1. The molecule has 0 atom stereocenters. The molecule has 5 heteroatoms. The van der Waals surface area contributed by atoms with Gasteiger partial charge in [-0.1, -0.05) is 19.9 Å². The monoisotopic (exact) mass is 320 g/mol. The van der Waals surface area contributed by atoms with Crippen LogP contribution in [0.1, 0.15) is 51.4 Å². The highest BCUT2D eigenvalue weighted by molar-refractivity contribution is 5.79. The molecule has 23 heavy (non-hydrogen) atoms. The van der Waals surface area contributed by atoms with Crippen molar-refractivity contribution in [2.75, 3.05) is 19.7 Å². The maximum Gasteiger partial charge on any atom is 0.191 e. The molecule has 0 radical (unpaired) electrons. The van der Waals surface area contributed by atoms with Crippen LogP contribution in [0.4, 0.5) is 0 Å². The van der Waals surface area contributed by atoms with E-state index < -0.39 is 0 Å². The van der Waals surface area contributed by atoms with Gasteiger partial charge in [-0.05, 0) is 50.7 Å². The van der Waals surface area contributed by atoms with E-state index in [4.69, 9.17) is 0 Å². The second-order valence-electron chi connectivity index (χ2n) is 6.00. The summed E-state index contributed by atoms with van der Waals surface area (Å²) in [6.45, 7) is 10.8. The van der Waals surface area contributed by atoms with Crippen LogP contribution in [-0.4, -0.2) is 35.7 Å². The van der Waals surface area contributed by atoms with Crippen LogP contribution in [0.3, 0.4) is 0 Å². The lowest BCUT2D eigenvalue weighted by atomic mass is 9.79. The van der Waals surface area contributed by atoms with Crippen LogP contribution >= 0.6 is 0 Å². The molecule has 0 amide bonds. The van der Waals surface area contributed by atoms with Crippen LogP contribution in [0.2, 0.25) is 0 Å². The molecular formula is C18H32N4O. The smallest absolute Gasteiger partial charge is 0.191 e. The minimum atomic E-state index is 0.118. The number of aliphatic hydroxyl groups excluding tert-OH is 1. The van der Waals surface area contributed by atoms with Crippen LogP contribution in [0, 0.1) is 12.3 Å². The molecular weight excluding hydrogens is 288 g/mol. The summed E-state index contributed by atoms with van der Waals surface area (Å²) in [6.07, 6.45) is 2.89. The Hall–Kier alpha value is -1.62. The van der Waals surface area contributed by atoms with Crippen molar-refractivity contribution in [1.29, 1.82) is 0 Å². The van der Waals surface area contributed by atoms with Crippen molar-refractivity contribution in [3.63, 3.8) is 0 Å². The number of hydrogen-bond acceptors (Lipinski definition) is 3. The summed E-state index contributed by atoms with van der Waals surface area (Å²) >= 11 is 0. The van der Waals surface area contributed by atoms with Crippen LogP contribution in [0.15, 0.2) is 23.2 Å². The quantitative estimate of drug-likeness (QED) is 0.483. The van der Waals surface area contributed by atoms with Gasteiger partial charge in [0.1, 0.15) is 0 Å². The van der Waals surface area contributed by atoms with Crippen molar-refractivity contribution >= 4 is 5.96 Å². The van der Waals surface area contributed by atoms with E-state index in [9.17, 15) is 5.11 Å². The molecule has 0 spiro atoms. The van der Waals surface area contributed by atoms with Crippen LogP contribution in [0.25, 0.3) is 0 Å². The SMILES string of the molecule is CCNC(=NCc1cccc(C)n1)NCC(CC)(CC)CCO. The molecule has 1 heterocycles. The van der Waals surface area contributed by atoms with E-state index in [2.05, 4.69) is 41.4 Å². The van der Waals surface area contributed by atoms with Crippen LogP contribution in [0.5, 0.6) is 0 Å². The van der Waals surface area contributed by atoms with E-state index in [1.165, 1.54) is 0 Å². The Morgan fingerprint density at radius 1 is 1.22 bits per heavy atom. The molecule has 3 N–H and O–H groups in total. The summed E-state index contributed by atoms with van der Waals surface area (Å²) in [5.74, 6) is 0.806. The van der Waals surface area contributed by atoms with Gasteiger partial charge in [0.25, 0.3) is 0 Å². The van der Waals surface area contributed by atoms with Gasteiger partial charge in [0.05, 0.1) is 12.2 Å². The molecule has 130 valence electrons. The number of nitrogens with zero attached hydrogens (tertiary/aromatic N) is 2. The first-order valence-corrected chi connectivity index (χ1v) is 8.64. The van der Waals surface area contributed by atoms with Gasteiger partial charge in [0.2, 0.25) is 0 Å². The lowest BCUT2D eigenvalue weighted by Gasteiger charge is -2.32. The second kappa shape index (κ2) is 10.2. The predicted molar refractivity (Wildman–Crippen MR) is 96.5 cm³/mol. The van der Waals surface area contributed by atoms with E-state index in [0.29, 0.717) is 6.54 Å². The van der Waals surface area contributed by atoms with Gasteiger partial charge >= 0.3 is 0 Å². The van der Waals surface area contributed by atoms with E-state index in [-0.39, 0.29) is 12.0 Å². The normalized spacial score (nSPS) is 12.3. The highest BCUT2D eigenvalue weighted by atomic mass is 16.3. The third-order valence-electron chi connectivity index (χ3n) is 4.46. The van der Waals surface area contributed by atoms with Gasteiger partial charge < -0.3 is 15.7 Å². The van der Waals surface area contributed by atoms with Gasteiger partial charge in [-0.3, -0.25) is 4.98 Å². The molecule has 0 saturated heterocycles. The molecule has 0 unspecified atom stereocenters. The fourth-order valence-electron chi connectivity index (χ4n) is 2.64. The molecule has 0 saturated carbocycles. The van der Waals surface area contributed by atoms with Crippen molar-refractivity contribution in [2.45, 2.75) is 53.5 Å². The van der Waals surface area contributed by atoms with E-state index in [0.717, 1.165) is 49.7 Å². The molecule has 0 aliphatic carbocycles. The van der Waals surface area contributed by atoms with Crippen molar-refractivity contribution < 1.29 is 5.11 Å². The van der Waals surface area contributed by atoms with E-state index >= 15 is 0 Å². The summed E-state index contributed by atoms with van der Waals surface area (Å²) in [5.41, 5.74) is 2.09. The Kier molecular flexibility index (Phi) is 8.62. The first-order chi connectivity index (χ1) is 11.1. The Bertz CT molecular complexity index is 484. The average Bonchev–Trinajstić information content (AvgIpc) is 2.56. The first-order valence-electron chi connectivity index (χ1n) is 8.64. The molecule has 1 aromatic rings. The molecule has 0 aromatic carbocycles. The maximum absolute atomic E-state index is 9.33. The molecule has 1 aromatic heterocycles. The van der Waals surface area contributed by atoms with Gasteiger partial charge in [0.15, 0.2) is 5.96 Å². The molecule has 0 bridgehead atoms. The van der Waals surface area contributed by atoms with E-state index in [1.807, 2.05) is 25.1 Å². The lowest BCUT2D eigenvalue weighted by Crippen LogP contribution is -2.43. The number of nitrogens with one attached hydrogen (secondary N) is 2. The molecule has 0 aliphatic heterocycles. The number of pyridine rings is 1. The lowest BCUT2D eigenvalue weighted by molar-refractivity contribution is 0.169. The number of rotatable bonds is 9. The summed E-state index contributed by atoms with van der Waals surface area (Å²) in [6, 6.07) is 5.99. The molecule has 0 aliphatic rings. The Labute approximate surface area is 140 Å². The highest BCUT2D eigenvalue weighted by Crippen LogP contribution is 2.29. The fraction of sp³-hybridized carbons (Fsp3) is 0.667. The van der Waals surface area contributed by atoms with Crippen molar-refractivity contribution in [2.24, 2.45) is 10.4 Å². The van der Waals surface area contributed by atoms with E-state index in [1.54, 1.807) is 0 Å². The third kappa shape index (κ3) is 6.57. The summed E-state index contributed by atoms with van der Waals surface area (Å²) in [4.78, 5) is 9.11. The minimum absolute atomic E-state index is 0.118. The Morgan fingerprint density at radius 3 is 2.52 bits per heavy atom. The molecule has 1 rings (SSSR count). The zero-order chi connectivity index (χ0) is 17.1. The topological polar surface area (TPSA) is 69.5 Å². The highest BCUT2D eigenvalue weighted by Gasteiger charge is 2.25. The summed E-state index contributed by atoms with van der Waals surface area (Å²) in [5, 5.41) is 16.0.